The van der Waals surface area contributed by atoms with Crippen LogP contribution in [0.4, 0.5) is 0 Å². The van der Waals surface area contributed by atoms with Crippen molar-refractivity contribution < 1.29 is 19.4 Å². The lowest BCUT2D eigenvalue weighted by Gasteiger charge is -2.60. The first-order valence-corrected chi connectivity index (χ1v) is 15.4. The zero-order valence-electron chi connectivity index (χ0n) is 21.0. The molecule has 0 aromatic heterocycles. The third kappa shape index (κ3) is 2.60. The molecular formula is C29H41IO4. The Morgan fingerprint density at radius 3 is 2.56 bits per heavy atom. The number of hydrogen-bond acceptors (Lipinski definition) is 3. The Kier molecular flexibility index (Phi) is 5.66. The molecule has 1 N–H and O–H groups in total. The molecule has 5 aliphatic carbocycles. The second-order valence-corrected chi connectivity index (χ2v) is 14.0. The van der Waals surface area contributed by atoms with Crippen molar-refractivity contribution in [1.82, 2.24) is 0 Å². The molecule has 10 atom stereocenters. The number of allylic oxidation sites excluding steroid dienone is 1. The quantitative estimate of drug-likeness (QED) is 0.173. The Balaban J connectivity index is 1.53. The van der Waals surface area contributed by atoms with Crippen LogP contribution >= 0.6 is 22.6 Å². The second kappa shape index (κ2) is 8.03. The standard InChI is InChI=1S/C29H41IO4/c1-16(2)23-10-19-12-27(15-31)22-9-8-17(3)21(22)13-28(19,29(23,27)26(32)33)25-11-20(24(14-30)34-25)18-6-4-5-7-18/h10,15-22,24-25H,4-9,11-14H2,1-3H3,(H,32,33)/t17-,19?,20?,21-,22-,24?,25?,27?,28?,29+/m1/s1. The lowest BCUT2D eigenvalue weighted by molar-refractivity contribution is -0.196. The molecule has 4 saturated carbocycles. The van der Waals surface area contributed by atoms with Crippen LogP contribution in [0.5, 0.6) is 0 Å². The molecule has 188 valence electrons. The van der Waals surface area contributed by atoms with Gasteiger partial charge in [-0.25, -0.2) is 0 Å². The zero-order chi connectivity index (χ0) is 24.0. The van der Waals surface area contributed by atoms with E-state index in [1.165, 1.54) is 25.7 Å². The van der Waals surface area contributed by atoms with Gasteiger partial charge in [-0.15, -0.1) is 0 Å². The van der Waals surface area contributed by atoms with Crippen LogP contribution in [0.15, 0.2) is 11.6 Å². The van der Waals surface area contributed by atoms with E-state index < -0.39 is 22.2 Å². The van der Waals surface area contributed by atoms with E-state index in [-0.39, 0.29) is 30.0 Å². The van der Waals surface area contributed by atoms with Crippen molar-refractivity contribution in [2.75, 3.05) is 4.43 Å². The molecular weight excluding hydrogens is 539 g/mol. The van der Waals surface area contributed by atoms with E-state index >= 15 is 0 Å². The zero-order valence-corrected chi connectivity index (χ0v) is 23.1. The first kappa shape index (κ1) is 23.9. The monoisotopic (exact) mass is 580 g/mol. The lowest BCUT2D eigenvalue weighted by atomic mass is 9.41. The number of alkyl halides is 1. The van der Waals surface area contributed by atoms with E-state index in [2.05, 4.69) is 49.4 Å². The average Bonchev–Trinajstić information content (AvgIpc) is 3.61. The minimum atomic E-state index is -1.10. The molecule has 0 spiro atoms. The molecule has 0 aromatic rings. The number of halogens is 1. The summed E-state index contributed by atoms with van der Waals surface area (Å²) in [6.07, 6.45) is 13.6. The Morgan fingerprint density at radius 1 is 1.21 bits per heavy atom. The number of fused-ring (bicyclic) bond motifs is 2. The van der Waals surface area contributed by atoms with Crippen molar-refractivity contribution in [2.45, 2.75) is 90.8 Å². The Bertz CT molecular complexity index is 908. The SMILES string of the molecule is CC(C)C1=CC2CC3(C=O)[C@@H]4CC[C@@H](C)[C@H]4CC2(C2CC(C4CCCC4)C(CI)O2)[C@]13C(=O)O. The maximum Gasteiger partial charge on any atom is 0.315 e. The van der Waals surface area contributed by atoms with Gasteiger partial charge < -0.3 is 14.6 Å². The van der Waals surface area contributed by atoms with E-state index in [1.54, 1.807) is 0 Å². The van der Waals surface area contributed by atoms with Gasteiger partial charge >= 0.3 is 5.97 Å². The van der Waals surface area contributed by atoms with Gasteiger partial charge in [0.2, 0.25) is 0 Å². The fraction of sp³-hybridized carbons (Fsp3) is 0.862. The molecule has 0 radical (unpaired) electrons. The lowest BCUT2D eigenvalue weighted by Crippen LogP contribution is -2.65. The molecule has 1 heterocycles. The number of ether oxygens (including phenoxy) is 1. The molecule has 4 bridgehead atoms. The normalized spacial score (nSPS) is 51.8. The molecule has 6 rings (SSSR count). The van der Waals surface area contributed by atoms with Gasteiger partial charge in [0.15, 0.2) is 0 Å². The van der Waals surface area contributed by atoms with Gasteiger partial charge in [0.1, 0.15) is 11.7 Å². The Morgan fingerprint density at radius 2 is 1.94 bits per heavy atom. The summed E-state index contributed by atoms with van der Waals surface area (Å²) in [7, 11) is 0. The van der Waals surface area contributed by atoms with Gasteiger partial charge in [-0.3, -0.25) is 4.79 Å². The van der Waals surface area contributed by atoms with Gasteiger partial charge in [-0.2, -0.15) is 0 Å². The van der Waals surface area contributed by atoms with Crippen molar-refractivity contribution >= 4 is 34.8 Å². The summed E-state index contributed by atoms with van der Waals surface area (Å²) in [4.78, 5) is 27.0. The molecule has 1 saturated heterocycles. The van der Waals surface area contributed by atoms with Crippen LogP contribution in [-0.2, 0) is 14.3 Å². The fourth-order valence-electron chi connectivity index (χ4n) is 11.0. The number of aldehydes is 1. The summed E-state index contributed by atoms with van der Waals surface area (Å²) in [6.45, 7) is 6.62. The largest absolute Gasteiger partial charge is 0.481 e. The number of carboxylic acids is 1. The van der Waals surface area contributed by atoms with E-state index in [4.69, 9.17) is 4.74 Å². The van der Waals surface area contributed by atoms with Crippen molar-refractivity contribution in [3.05, 3.63) is 11.6 Å². The summed E-state index contributed by atoms with van der Waals surface area (Å²) < 4.78 is 8.01. The summed E-state index contributed by atoms with van der Waals surface area (Å²) in [5.74, 6) is 1.99. The van der Waals surface area contributed by atoms with E-state index in [1.807, 2.05) is 0 Å². The van der Waals surface area contributed by atoms with Gasteiger partial charge in [-0.05, 0) is 67.1 Å². The predicted molar refractivity (Wildman–Crippen MR) is 140 cm³/mol. The van der Waals surface area contributed by atoms with Crippen LogP contribution in [0, 0.1) is 57.7 Å². The van der Waals surface area contributed by atoms with Crippen molar-refractivity contribution in [3.8, 4) is 0 Å². The van der Waals surface area contributed by atoms with Gasteiger partial charge in [0.25, 0.3) is 0 Å². The number of rotatable bonds is 6. The smallest absolute Gasteiger partial charge is 0.315 e. The fourth-order valence-corrected chi connectivity index (χ4v) is 11.8. The average molecular weight is 581 g/mol. The molecule has 0 amide bonds. The third-order valence-electron chi connectivity index (χ3n) is 12.0. The highest BCUT2D eigenvalue weighted by molar-refractivity contribution is 14.1. The Labute approximate surface area is 218 Å². The van der Waals surface area contributed by atoms with Crippen LogP contribution in [0.1, 0.15) is 78.6 Å². The molecule has 6 unspecified atom stereocenters. The summed E-state index contributed by atoms with van der Waals surface area (Å²) >= 11 is 2.48. The molecule has 6 aliphatic rings. The first-order valence-electron chi connectivity index (χ1n) is 13.9. The summed E-state index contributed by atoms with van der Waals surface area (Å²) in [5, 5.41) is 11.3. The van der Waals surface area contributed by atoms with E-state index in [0.29, 0.717) is 17.8 Å². The highest BCUT2D eigenvalue weighted by atomic mass is 127. The maximum atomic E-state index is 13.7. The highest BCUT2D eigenvalue weighted by Gasteiger charge is 2.86. The van der Waals surface area contributed by atoms with Crippen LogP contribution in [-0.4, -0.2) is 34.0 Å². The van der Waals surface area contributed by atoms with Crippen LogP contribution in [0.3, 0.4) is 0 Å². The molecule has 5 heteroatoms. The summed E-state index contributed by atoms with van der Waals surface area (Å²) in [5.41, 5.74) is -1.31. The van der Waals surface area contributed by atoms with Crippen molar-refractivity contribution in [3.63, 3.8) is 0 Å². The number of hydrogen-bond donors (Lipinski definition) is 1. The number of carbonyl (C=O) groups excluding carboxylic acids is 1. The summed E-state index contributed by atoms with van der Waals surface area (Å²) in [6, 6.07) is 0. The van der Waals surface area contributed by atoms with Gasteiger partial charge in [0, 0.05) is 9.84 Å². The number of aliphatic carboxylic acids is 1. The van der Waals surface area contributed by atoms with Gasteiger partial charge in [-0.1, -0.05) is 87.1 Å². The third-order valence-corrected chi connectivity index (χ3v) is 12.9. The molecule has 1 aliphatic heterocycles. The highest BCUT2D eigenvalue weighted by Crippen LogP contribution is 2.84. The minimum Gasteiger partial charge on any atom is -0.481 e. The Hall–Kier alpha value is -0.430. The molecule has 0 aromatic carbocycles. The van der Waals surface area contributed by atoms with Crippen LogP contribution in [0.2, 0.25) is 0 Å². The second-order valence-electron chi connectivity index (χ2n) is 13.1. The number of carbonyl (C=O) groups is 2. The predicted octanol–water partition coefficient (Wildman–Crippen LogP) is 6.31. The van der Waals surface area contributed by atoms with E-state index in [0.717, 1.165) is 54.3 Å². The van der Waals surface area contributed by atoms with Crippen molar-refractivity contribution in [2.24, 2.45) is 57.7 Å². The van der Waals surface area contributed by atoms with Crippen LogP contribution in [0.25, 0.3) is 0 Å². The van der Waals surface area contributed by atoms with E-state index in [9.17, 15) is 14.7 Å². The molecule has 4 nitrogen and oxygen atoms in total. The topological polar surface area (TPSA) is 63.6 Å². The van der Waals surface area contributed by atoms with Crippen molar-refractivity contribution in [1.29, 1.82) is 0 Å². The van der Waals surface area contributed by atoms with Crippen LogP contribution < -0.4 is 0 Å². The first-order chi connectivity index (χ1) is 16.3. The minimum absolute atomic E-state index is 0.0537. The maximum absolute atomic E-state index is 13.7. The van der Waals surface area contributed by atoms with Gasteiger partial charge in [0.05, 0.1) is 17.6 Å². The molecule has 5 fully saturated rings. The number of carboxylic acid groups (broad SMARTS) is 1. The molecule has 34 heavy (non-hydrogen) atoms.